The van der Waals surface area contributed by atoms with Crippen LogP contribution in [-0.2, 0) is 9.53 Å². The Morgan fingerprint density at radius 2 is 2.31 bits per heavy atom. The van der Waals surface area contributed by atoms with Gasteiger partial charge in [-0.1, -0.05) is 17.7 Å². The second-order valence-electron chi connectivity index (χ2n) is 7.79. The number of nitrogens with zero attached hydrogens (tertiary/aromatic N) is 3. The summed E-state index contributed by atoms with van der Waals surface area (Å²) < 4.78 is 19.1. The van der Waals surface area contributed by atoms with Crippen molar-refractivity contribution in [2.24, 2.45) is 4.99 Å². The summed E-state index contributed by atoms with van der Waals surface area (Å²) in [4.78, 5) is 36.3. The lowest BCUT2D eigenvalue weighted by Crippen LogP contribution is -2.47. The lowest BCUT2D eigenvalue weighted by molar-refractivity contribution is -0.139. The van der Waals surface area contributed by atoms with Crippen molar-refractivity contribution in [2.75, 3.05) is 19.7 Å². The first-order valence-electron chi connectivity index (χ1n) is 10.1. The summed E-state index contributed by atoms with van der Waals surface area (Å²) in [7, 11) is 0. The number of nitrogens with one attached hydrogen (secondary N) is 2. The van der Waals surface area contributed by atoms with Crippen LogP contribution in [0.15, 0.2) is 46.0 Å². The van der Waals surface area contributed by atoms with Crippen LogP contribution in [0.25, 0.3) is 0 Å². The van der Waals surface area contributed by atoms with E-state index in [2.05, 4.69) is 15.6 Å². The minimum Gasteiger partial charge on any atom is -0.463 e. The van der Waals surface area contributed by atoms with E-state index in [1.54, 1.807) is 13.1 Å². The van der Waals surface area contributed by atoms with E-state index >= 15 is 0 Å². The highest BCUT2D eigenvalue weighted by Crippen LogP contribution is 2.45. The number of amides is 2. The van der Waals surface area contributed by atoms with E-state index in [4.69, 9.17) is 21.3 Å². The van der Waals surface area contributed by atoms with Gasteiger partial charge in [0.25, 0.3) is 0 Å². The Balaban J connectivity index is 1.70. The van der Waals surface area contributed by atoms with Crippen LogP contribution in [0.1, 0.15) is 30.0 Å². The van der Waals surface area contributed by atoms with Gasteiger partial charge in [-0.15, -0.1) is 11.3 Å². The van der Waals surface area contributed by atoms with Crippen molar-refractivity contribution >= 4 is 40.8 Å². The Hall–Kier alpha value is -2.98. The smallest absolute Gasteiger partial charge is 0.338 e. The third-order valence-electron chi connectivity index (χ3n) is 5.73. The average Bonchev–Trinajstić information content (AvgIpc) is 3.47. The molecule has 5 rings (SSSR count). The summed E-state index contributed by atoms with van der Waals surface area (Å²) in [6.07, 6.45) is 2.08. The number of carbonyl (C=O) groups excluding carboxylic acids is 2. The topological polar surface area (TPSA) is 95.9 Å². The Bertz CT molecular complexity index is 1170. The lowest BCUT2D eigenvalue weighted by atomic mass is 9.92. The van der Waals surface area contributed by atoms with Crippen molar-refractivity contribution in [3.63, 3.8) is 0 Å². The third kappa shape index (κ3) is 3.43. The van der Waals surface area contributed by atoms with E-state index in [-0.39, 0.29) is 17.7 Å². The van der Waals surface area contributed by atoms with Crippen molar-refractivity contribution < 1.29 is 18.7 Å². The predicted octanol–water partition coefficient (Wildman–Crippen LogP) is 3.01. The zero-order valence-corrected chi connectivity index (χ0v) is 18.6. The van der Waals surface area contributed by atoms with Crippen LogP contribution in [0.2, 0.25) is 5.02 Å². The van der Waals surface area contributed by atoms with Gasteiger partial charge in [-0.25, -0.2) is 19.0 Å². The summed E-state index contributed by atoms with van der Waals surface area (Å²) in [6, 6.07) is 2.97. The molecule has 2 atom stereocenters. The van der Waals surface area contributed by atoms with Gasteiger partial charge >= 0.3 is 12.0 Å². The number of rotatable bonds is 4. The number of amidine groups is 1. The second kappa shape index (κ2) is 7.86. The Labute approximate surface area is 192 Å². The van der Waals surface area contributed by atoms with Gasteiger partial charge in [0.15, 0.2) is 10.8 Å². The molecule has 0 aliphatic carbocycles. The summed E-state index contributed by atoms with van der Waals surface area (Å²) in [5, 5.41) is 8.47. The van der Waals surface area contributed by atoms with Crippen LogP contribution in [0.4, 0.5) is 9.18 Å². The number of thiazole rings is 1. The summed E-state index contributed by atoms with van der Waals surface area (Å²) in [5.74, 6) is -0.425. The van der Waals surface area contributed by atoms with Crippen molar-refractivity contribution in [3.8, 4) is 0 Å². The Morgan fingerprint density at radius 3 is 2.97 bits per heavy atom. The number of ether oxygens (including phenoxy) is 1. The molecular formula is C21H19ClFN5O3S. The highest BCUT2D eigenvalue weighted by molar-refractivity contribution is 7.11. The molecule has 1 aromatic heterocycles. The van der Waals surface area contributed by atoms with E-state index in [1.807, 2.05) is 10.3 Å². The molecular weight excluding hydrogens is 457 g/mol. The molecule has 1 spiro atoms. The fourth-order valence-corrected chi connectivity index (χ4v) is 5.31. The number of aromatic nitrogens is 1. The molecule has 11 heteroatoms. The molecule has 0 saturated carbocycles. The fraction of sp³-hybridized carbons (Fsp3) is 0.333. The molecule has 32 heavy (non-hydrogen) atoms. The van der Waals surface area contributed by atoms with Gasteiger partial charge in [-0.3, -0.25) is 4.99 Å². The summed E-state index contributed by atoms with van der Waals surface area (Å²) in [6.45, 7) is 2.75. The fourth-order valence-electron chi connectivity index (χ4n) is 4.40. The van der Waals surface area contributed by atoms with E-state index in [9.17, 15) is 14.0 Å². The molecule has 2 fully saturated rings. The van der Waals surface area contributed by atoms with Crippen LogP contribution < -0.4 is 10.6 Å². The predicted molar refractivity (Wildman–Crippen MR) is 117 cm³/mol. The largest absolute Gasteiger partial charge is 0.463 e. The molecule has 1 aromatic carbocycles. The van der Waals surface area contributed by atoms with Gasteiger partial charge in [0.2, 0.25) is 0 Å². The molecule has 2 amide bonds. The van der Waals surface area contributed by atoms with Gasteiger partial charge in [0.1, 0.15) is 11.9 Å². The van der Waals surface area contributed by atoms with Crippen LogP contribution in [0.3, 0.4) is 0 Å². The van der Waals surface area contributed by atoms with Crippen molar-refractivity contribution in [2.45, 2.75) is 24.9 Å². The first-order valence-corrected chi connectivity index (χ1v) is 11.3. The molecule has 0 bridgehead atoms. The summed E-state index contributed by atoms with van der Waals surface area (Å²) >= 11 is 7.80. The number of halogens is 2. The number of urea groups is 1. The average molecular weight is 476 g/mol. The van der Waals surface area contributed by atoms with E-state index in [0.717, 1.165) is 0 Å². The van der Waals surface area contributed by atoms with Gasteiger partial charge in [0.05, 0.1) is 17.7 Å². The number of hydrogen-bond acceptors (Lipinski definition) is 7. The second-order valence-corrected chi connectivity index (χ2v) is 9.09. The normalized spacial score (nSPS) is 24.3. The quantitative estimate of drug-likeness (QED) is 0.663. The van der Waals surface area contributed by atoms with E-state index in [0.29, 0.717) is 47.2 Å². The maximum absolute atomic E-state index is 13.8. The van der Waals surface area contributed by atoms with Gasteiger partial charge < -0.3 is 20.3 Å². The lowest BCUT2D eigenvalue weighted by Gasteiger charge is -2.32. The van der Waals surface area contributed by atoms with E-state index in [1.165, 1.54) is 29.5 Å². The number of fused-ring (bicyclic) bond motifs is 1. The van der Waals surface area contributed by atoms with Crippen LogP contribution >= 0.6 is 22.9 Å². The molecule has 4 heterocycles. The SMILES string of the molecule is CCOC(=O)C1=C2C[C@@]3(CNC(=O)N3)CN2C(c2nccs2)=N[C@H]1c1ccc(F)cc1Cl. The van der Waals surface area contributed by atoms with Crippen LogP contribution in [-0.4, -0.2) is 53.0 Å². The number of esters is 1. The molecule has 3 aliphatic rings. The highest BCUT2D eigenvalue weighted by atomic mass is 35.5. The Morgan fingerprint density at radius 1 is 1.47 bits per heavy atom. The first-order chi connectivity index (χ1) is 15.4. The minimum absolute atomic E-state index is 0.164. The molecule has 2 N–H and O–H groups in total. The van der Waals surface area contributed by atoms with Crippen molar-refractivity contribution in [1.82, 2.24) is 20.5 Å². The number of carbonyl (C=O) groups is 2. The molecule has 166 valence electrons. The van der Waals surface area contributed by atoms with Crippen molar-refractivity contribution in [1.29, 1.82) is 0 Å². The monoisotopic (exact) mass is 475 g/mol. The van der Waals surface area contributed by atoms with Gasteiger partial charge in [-0.2, -0.15) is 0 Å². The molecule has 0 radical (unpaired) electrons. The standard InChI is InChI=1S/C21H19ClFN5O3S/c1-2-31-19(29)15-14-8-21(9-25-20(30)27-21)10-28(14)17(18-24-5-6-32-18)26-16(15)12-4-3-11(23)7-13(12)22/h3-7,16H,2,8-10H2,1H3,(H2,25,27,30)/t16-,21+/m0/s1. The molecule has 0 unspecified atom stereocenters. The zero-order chi connectivity index (χ0) is 22.5. The molecule has 3 aliphatic heterocycles. The van der Waals surface area contributed by atoms with Gasteiger partial charge in [0, 0.05) is 47.4 Å². The third-order valence-corrected chi connectivity index (χ3v) is 6.82. The van der Waals surface area contributed by atoms with E-state index < -0.39 is 23.4 Å². The van der Waals surface area contributed by atoms with Crippen molar-refractivity contribution in [3.05, 3.63) is 62.5 Å². The summed E-state index contributed by atoms with van der Waals surface area (Å²) in [5.41, 5.74) is 0.924. The van der Waals surface area contributed by atoms with Gasteiger partial charge in [-0.05, 0) is 19.1 Å². The van der Waals surface area contributed by atoms with Crippen LogP contribution in [0, 0.1) is 5.82 Å². The molecule has 8 nitrogen and oxygen atoms in total. The number of hydrogen-bond donors (Lipinski definition) is 2. The van der Waals surface area contributed by atoms with Crippen LogP contribution in [0.5, 0.6) is 0 Å². The molecule has 2 aromatic rings. The maximum atomic E-state index is 13.8. The maximum Gasteiger partial charge on any atom is 0.338 e. The number of aliphatic imine (C=N–C) groups is 1. The molecule has 2 saturated heterocycles. The number of benzene rings is 1. The highest BCUT2D eigenvalue weighted by Gasteiger charge is 2.51. The zero-order valence-electron chi connectivity index (χ0n) is 17.0. The Kier molecular flexibility index (Phi) is 5.13. The minimum atomic E-state index is -0.799. The first kappa shape index (κ1) is 20.9.